The summed E-state index contributed by atoms with van der Waals surface area (Å²) in [6, 6.07) is 11.9. The average molecular weight is 264 g/mol. The quantitative estimate of drug-likeness (QED) is 0.301. The van der Waals surface area contributed by atoms with Crippen molar-refractivity contribution in [2.75, 3.05) is 0 Å². The first-order valence-corrected chi connectivity index (χ1v) is 6.35. The van der Waals surface area contributed by atoms with Crippen LogP contribution in [0.5, 0.6) is 0 Å². The number of nitrogens with zero attached hydrogens (tertiary/aromatic N) is 1. The van der Waals surface area contributed by atoms with Crippen molar-refractivity contribution >= 4 is 32.7 Å². The van der Waals surface area contributed by atoms with E-state index in [1.165, 1.54) is 0 Å². The van der Waals surface area contributed by atoms with Crippen molar-refractivity contribution in [3.8, 4) is 0 Å². The van der Waals surface area contributed by atoms with Crippen LogP contribution in [0.25, 0.3) is 32.7 Å². The zero-order valence-electron chi connectivity index (χ0n) is 10.9. The van der Waals surface area contributed by atoms with E-state index in [4.69, 9.17) is 14.7 Å². The molecular weight excluding hydrogens is 252 g/mol. The van der Waals surface area contributed by atoms with Gasteiger partial charge in [0.1, 0.15) is 11.2 Å². The molecule has 0 fully saturated rings. The van der Waals surface area contributed by atoms with Gasteiger partial charge in [-0.05, 0) is 30.0 Å². The summed E-state index contributed by atoms with van der Waals surface area (Å²) in [7, 11) is 0. The van der Waals surface area contributed by atoms with E-state index in [-0.39, 0.29) is 0 Å². The van der Waals surface area contributed by atoms with Gasteiger partial charge < -0.3 is 14.7 Å². The van der Waals surface area contributed by atoms with Crippen LogP contribution in [0.1, 0.15) is 5.56 Å². The molecule has 2 heterocycles. The predicted molar refractivity (Wildman–Crippen MR) is 78.0 cm³/mol. The molecule has 0 aliphatic rings. The van der Waals surface area contributed by atoms with E-state index in [0.29, 0.717) is 5.55 Å². The number of rotatable bonds is 0. The molecule has 4 aromatic rings. The van der Waals surface area contributed by atoms with Crippen LogP contribution in [0.15, 0.2) is 56.6 Å². The Bertz CT molecular complexity index is 1030. The summed E-state index contributed by atoms with van der Waals surface area (Å²) < 4.78 is 11.3. The van der Waals surface area contributed by atoms with Crippen molar-refractivity contribution in [1.29, 1.82) is 0 Å². The Balaban J connectivity index is 2.33. The van der Waals surface area contributed by atoms with E-state index in [1.54, 1.807) is 6.26 Å². The molecule has 0 radical (unpaired) electrons. The molecule has 0 saturated carbocycles. The van der Waals surface area contributed by atoms with Crippen LogP contribution in [0.2, 0.25) is 0 Å². The third kappa shape index (κ3) is 1.39. The molecule has 0 aliphatic carbocycles. The molecule has 0 aliphatic heterocycles. The van der Waals surface area contributed by atoms with E-state index in [0.717, 1.165) is 38.3 Å². The second kappa shape index (κ2) is 3.87. The maximum Gasteiger partial charge on any atom is 0.243 e. The maximum atomic E-state index is 5.79. The Labute approximate surface area is 114 Å². The number of hydrogen-bond acceptors (Lipinski definition) is 4. The highest BCUT2D eigenvalue weighted by atomic mass is 16.3. The molecule has 20 heavy (non-hydrogen) atoms. The number of benzene rings is 2. The minimum atomic E-state index is 0.427. The van der Waals surface area contributed by atoms with Gasteiger partial charge >= 0.3 is 0 Å². The number of hydrogen-bond donors (Lipinski definition) is 1. The summed E-state index contributed by atoms with van der Waals surface area (Å²) in [4.78, 5) is 0. The second-order valence-corrected chi connectivity index (χ2v) is 4.85. The summed E-state index contributed by atoms with van der Waals surface area (Å²) in [5.41, 5.74) is 3.06. The third-order valence-corrected chi connectivity index (χ3v) is 3.64. The molecule has 4 heteroatoms. The highest BCUT2D eigenvalue weighted by Gasteiger charge is 2.10. The largest absolute Gasteiger partial charge is 0.464 e. The van der Waals surface area contributed by atoms with Crippen molar-refractivity contribution in [3.63, 3.8) is 0 Å². The predicted octanol–water partition coefficient (Wildman–Crippen LogP) is 3.42. The minimum absolute atomic E-state index is 0.427. The van der Waals surface area contributed by atoms with Gasteiger partial charge in [0.05, 0.1) is 6.26 Å². The monoisotopic (exact) mass is 264 g/mol. The molecular formula is C16H12N2O2. The smallest absolute Gasteiger partial charge is 0.243 e. The van der Waals surface area contributed by atoms with Gasteiger partial charge in [0, 0.05) is 22.2 Å². The molecule has 98 valence electrons. The first kappa shape index (κ1) is 11.1. The van der Waals surface area contributed by atoms with Crippen molar-refractivity contribution < 1.29 is 8.83 Å². The Morgan fingerprint density at radius 1 is 0.950 bits per heavy atom. The van der Waals surface area contributed by atoms with Gasteiger partial charge in [-0.3, -0.25) is 0 Å². The highest BCUT2D eigenvalue weighted by Crippen LogP contribution is 2.29. The zero-order valence-corrected chi connectivity index (χ0v) is 10.9. The fraction of sp³-hybridized carbons (Fsp3) is 0.0625. The zero-order chi connectivity index (χ0) is 13.7. The summed E-state index contributed by atoms with van der Waals surface area (Å²) >= 11 is 0. The Hall–Kier alpha value is -2.75. The molecule has 0 atom stereocenters. The lowest BCUT2D eigenvalue weighted by Gasteiger charge is -2.04. The van der Waals surface area contributed by atoms with Crippen molar-refractivity contribution in [2.45, 2.75) is 6.92 Å². The molecule has 4 rings (SSSR count). The lowest BCUT2D eigenvalue weighted by atomic mass is 10.1. The SMILES string of the molecule is Cc1coc2cc3o/c(=N/N)c4ccccc4c3cc12. The van der Waals surface area contributed by atoms with E-state index in [2.05, 4.69) is 11.2 Å². The molecule has 2 N–H and O–H groups in total. The molecule has 0 amide bonds. The van der Waals surface area contributed by atoms with Crippen LogP contribution < -0.4 is 11.4 Å². The molecule has 2 aromatic heterocycles. The van der Waals surface area contributed by atoms with Crippen LogP contribution in [-0.4, -0.2) is 0 Å². The highest BCUT2D eigenvalue weighted by molar-refractivity contribution is 6.08. The fourth-order valence-corrected chi connectivity index (χ4v) is 2.64. The van der Waals surface area contributed by atoms with Crippen LogP contribution in [0.4, 0.5) is 0 Å². The minimum Gasteiger partial charge on any atom is -0.464 e. The number of fused-ring (bicyclic) bond motifs is 4. The van der Waals surface area contributed by atoms with Gasteiger partial charge in [0.25, 0.3) is 0 Å². The average Bonchev–Trinajstić information content (AvgIpc) is 2.85. The summed E-state index contributed by atoms with van der Waals surface area (Å²) in [5, 5.41) is 7.84. The van der Waals surface area contributed by atoms with Crippen molar-refractivity contribution in [1.82, 2.24) is 0 Å². The lowest BCUT2D eigenvalue weighted by molar-refractivity contribution is 0.545. The first-order chi connectivity index (χ1) is 9.78. The number of furan rings is 1. The summed E-state index contributed by atoms with van der Waals surface area (Å²) in [6.45, 7) is 2.03. The number of nitrogens with two attached hydrogens (primary N) is 1. The molecule has 2 aromatic carbocycles. The van der Waals surface area contributed by atoms with Crippen molar-refractivity contribution in [3.05, 3.63) is 53.8 Å². The topological polar surface area (TPSA) is 64.7 Å². The Morgan fingerprint density at radius 3 is 2.55 bits per heavy atom. The van der Waals surface area contributed by atoms with E-state index < -0.39 is 0 Å². The van der Waals surface area contributed by atoms with Crippen LogP contribution in [-0.2, 0) is 0 Å². The van der Waals surface area contributed by atoms with E-state index in [1.807, 2.05) is 37.3 Å². The van der Waals surface area contributed by atoms with Crippen LogP contribution in [0.3, 0.4) is 0 Å². The van der Waals surface area contributed by atoms with Gasteiger partial charge in [0.15, 0.2) is 0 Å². The second-order valence-electron chi connectivity index (χ2n) is 4.85. The van der Waals surface area contributed by atoms with Crippen molar-refractivity contribution in [2.24, 2.45) is 10.9 Å². The van der Waals surface area contributed by atoms with Crippen LogP contribution >= 0.6 is 0 Å². The molecule has 0 saturated heterocycles. The van der Waals surface area contributed by atoms with Gasteiger partial charge in [-0.1, -0.05) is 18.2 Å². The molecule has 0 unspecified atom stereocenters. The van der Waals surface area contributed by atoms with Gasteiger partial charge in [-0.25, -0.2) is 0 Å². The molecule has 4 nitrogen and oxygen atoms in total. The summed E-state index contributed by atoms with van der Waals surface area (Å²) in [5.74, 6) is 5.43. The maximum absolute atomic E-state index is 5.79. The third-order valence-electron chi connectivity index (χ3n) is 3.64. The number of aryl methyl sites for hydroxylation is 1. The summed E-state index contributed by atoms with van der Waals surface area (Å²) in [6.07, 6.45) is 1.75. The first-order valence-electron chi connectivity index (χ1n) is 6.35. The Morgan fingerprint density at radius 2 is 1.75 bits per heavy atom. The standard InChI is InChI=1S/C16H12N2O2/c1-9-8-19-14-7-15-13(6-12(9)14)10-4-2-3-5-11(10)16(18-17)20-15/h2-8H,17H2,1H3/b18-16+. The molecule has 0 spiro atoms. The van der Waals surface area contributed by atoms with Gasteiger partial charge in [-0.15, -0.1) is 5.10 Å². The lowest BCUT2D eigenvalue weighted by Crippen LogP contribution is -2.06. The van der Waals surface area contributed by atoms with Gasteiger partial charge in [-0.2, -0.15) is 0 Å². The Kier molecular flexibility index (Phi) is 2.15. The normalized spacial score (nSPS) is 12.8. The molecule has 0 bridgehead atoms. The fourth-order valence-electron chi connectivity index (χ4n) is 2.64. The van der Waals surface area contributed by atoms with E-state index in [9.17, 15) is 0 Å². The van der Waals surface area contributed by atoms with Crippen LogP contribution in [0, 0.1) is 6.92 Å². The van der Waals surface area contributed by atoms with E-state index >= 15 is 0 Å². The van der Waals surface area contributed by atoms with Gasteiger partial charge in [0.2, 0.25) is 5.55 Å².